The van der Waals surface area contributed by atoms with Gasteiger partial charge in [-0.3, -0.25) is 4.79 Å². The second-order valence-corrected chi connectivity index (χ2v) is 5.78. The van der Waals surface area contributed by atoms with Crippen molar-refractivity contribution in [3.63, 3.8) is 0 Å². The number of fused-ring (bicyclic) bond motifs is 6. The molecule has 0 saturated heterocycles. The van der Waals surface area contributed by atoms with E-state index >= 15 is 0 Å². The molecule has 2 aliphatic carbocycles. The van der Waals surface area contributed by atoms with Crippen molar-refractivity contribution in [1.29, 1.82) is 0 Å². The Morgan fingerprint density at radius 2 is 2.00 bits per heavy atom. The Morgan fingerprint density at radius 3 is 2.89 bits per heavy atom. The number of hydrogen-bond acceptors (Lipinski definition) is 3. The lowest BCUT2D eigenvalue weighted by atomic mass is 9.46. The maximum absolute atomic E-state index is 12.1. The Kier molecular flexibility index (Phi) is 1.97. The highest BCUT2D eigenvalue weighted by atomic mass is 16.5. The zero-order chi connectivity index (χ0) is 12.3. The van der Waals surface area contributed by atoms with Gasteiger partial charge >= 0.3 is 5.97 Å². The molecule has 0 amide bonds. The molecule has 4 atom stereocenters. The van der Waals surface area contributed by atoms with Gasteiger partial charge in [-0.2, -0.15) is 0 Å². The molecule has 1 aromatic carbocycles. The van der Waals surface area contributed by atoms with Gasteiger partial charge in [-0.15, -0.1) is 0 Å². The predicted octanol–water partition coefficient (Wildman–Crippen LogP) is 2.23. The van der Waals surface area contributed by atoms with Crippen LogP contribution in [0.2, 0.25) is 0 Å². The molecule has 1 heterocycles. The van der Waals surface area contributed by atoms with E-state index in [0.717, 1.165) is 24.8 Å². The molecular weight excluding hydrogens is 228 g/mol. The number of hydrogen-bond donors (Lipinski definition) is 1. The summed E-state index contributed by atoms with van der Waals surface area (Å²) in [6.45, 7) is 0. The normalized spacial score (nSPS) is 40.9. The van der Waals surface area contributed by atoms with Crippen LogP contribution in [0.3, 0.4) is 0 Å². The molecule has 0 unspecified atom stereocenters. The average molecular weight is 244 g/mol. The van der Waals surface area contributed by atoms with Crippen LogP contribution in [0.4, 0.5) is 0 Å². The lowest BCUT2D eigenvalue weighted by Gasteiger charge is -2.61. The van der Waals surface area contributed by atoms with E-state index in [0.29, 0.717) is 11.7 Å². The van der Waals surface area contributed by atoms with Crippen molar-refractivity contribution < 1.29 is 14.6 Å². The second-order valence-electron chi connectivity index (χ2n) is 5.78. The molecule has 1 N–H and O–H groups in total. The minimum atomic E-state index is -0.961. The number of ether oxygens (including phenoxy) is 1. The average Bonchev–Trinajstić information content (AvgIpc) is 2.37. The summed E-state index contributed by atoms with van der Waals surface area (Å²) < 4.78 is 5.38. The number of esters is 1. The fourth-order valence-electron chi connectivity index (χ4n) is 4.32. The first-order chi connectivity index (χ1) is 8.73. The van der Waals surface area contributed by atoms with Crippen molar-refractivity contribution in [3.05, 3.63) is 29.8 Å². The molecule has 4 rings (SSSR count). The fraction of sp³-hybridized carbons (Fsp3) is 0.533. The highest BCUT2D eigenvalue weighted by molar-refractivity contribution is 5.82. The summed E-state index contributed by atoms with van der Waals surface area (Å²) in [7, 11) is 0. The van der Waals surface area contributed by atoms with Gasteiger partial charge in [0.15, 0.2) is 0 Å². The molecule has 3 heteroatoms. The summed E-state index contributed by atoms with van der Waals surface area (Å²) >= 11 is 0. The van der Waals surface area contributed by atoms with Crippen molar-refractivity contribution in [2.75, 3.05) is 0 Å². The van der Waals surface area contributed by atoms with Crippen LogP contribution in [0.25, 0.3) is 0 Å². The van der Waals surface area contributed by atoms with E-state index in [2.05, 4.69) is 0 Å². The standard InChI is InChI=1S/C15H16O3/c16-14-13-9-5-1-2-6-10(9)15(13,17)11-7-3-4-8-12(11)18-14/h3-4,7-10,13,17H,1-2,5-6H2/t9-,10-,13+,15-/m0/s1. The maximum Gasteiger partial charge on any atom is 0.317 e. The molecule has 2 saturated carbocycles. The number of para-hydroxylation sites is 1. The highest BCUT2D eigenvalue weighted by Crippen LogP contribution is 2.64. The maximum atomic E-state index is 12.1. The molecule has 1 aromatic rings. The van der Waals surface area contributed by atoms with Crippen LogP contribution in [0.5, 0.6) is 5.75 Å². The fourth-order valence-corrected chi connectivity index (χ4v) is 4.32. The minimum absolute atomic E-state index is 0.237. The number of carbonyl (C=O) groups is 1. The van der Waals surface area contributed by atoms with Gasteiger partial charge in [0.25, 0.3) is 0 Å². The van der Waals surface area contributed by atoms with Crippen molar-refractivity contribution in [2.45, 2.75) is 31.3 Å². The van der Waals surface area contributed by atoms with Gasteiger partial charge in [0.1, 0.15) is 11.4 Å². The molecular formula is C15H16O3. The summed E-state index contributed by atoms with van der Waals surface area (Å²) in [5.74, 6) is 0.539. The van der Waals surface area contributed by atoms with E-state index in [1.165, 1.54) is 6.42 Å². The lowest BCUT2D eigenvalue weighted by molar-refractivity contribution is -0.234. The number of carbonyl (C=O) groups excluding carboxylic acids is 1. The largest absolute Gasteiger partial charge is 0.426 e. The first-order valence-corrected chi connectivity index (χ1v) is 6.76. The van der Waals surface area contributed by atoms with Gasteiger partial charge in [0.05, 0.1) is 5.92 Å². The van der Waals surface area contributed by atoms with E-state index in [-0.39, 0.29) is 17.8 Å². The monoisotopic (exact) mass is 244 g/mol. The molecule has 18 heavy (non-hydrogen) atoms. The molecule has 1 aliphatic heterocycles. The molecule has 0 bridgehead atoms. The van der Waals surface area contributed by atoms with Crippen LogP contribution in [0, 0.1) is 17.8 Å². The van der Waals surface area contributed by atoms with Crippen molar-refractivity contribution in [3.8, 4) is 5.75 Å². The van der Waals surface area contributed by atoms with E-state index in [4.69, 9.17) is 4.74 Å². The number of rotatable bonds is 0. The Balaban J connectivity index is 1.86. The summed E-state index contributed by atoms with van der Waals surface area (Å²) in [6.07, 6.45) is 4.41. The van der Waals surface area contributed by atoms with E-state index in [1.807, 2.05) is 18.2 Å². The zero-order valence-corrected chi connectivity index (χ0v) is 10.1. The van der Waals surface area contributed by atoms with Gasteiger partial charge in [-0.1, -0.05) is 31.0 Å². The Labute approximate surface area is 106 Å². The van der Waals surface area contributed by atoms with Crippen LogP contribution in [0.15, 0.2) is 24.3 Å². The van der Waals surface area contributed by atoms with Crippen LogP contribution in [0.1, 0.15) is 31.2 Å². The Hall–Kier alpha value is -1.35. The SMILES string of the molecule is O=C1Oc2ccccc2[C@@]2(O)[C@H]3CCCC[C@@H]3[C@H]12. The van der Waals surface area contributed by atoms with Crippen LogP contribution in [-0.4, -0.2) is 11.1 Å². The summed E-state index contributed by atoms with van der Waals surface area (Å²) in [6, 6.07) is 7.42. The van der Waals surface area contributed by atoms with Crippen LogP contribution >= 0.6 is 0 Å². The molecule has 0 aromatic heterocycles. The zero-order valence-electron chi connectivity index (χ0n) is 10.1. The molecule has 2 fully saturated rings. The Bertz CT molecular complexity index is 524. The van der Waals surface area contributed by atoms with Gasteiger partial charge in [0.2, 0.25) is 0 Å². The van der Waals surface area contributed by atoms with E-state index in [9.17, 15) is 9.90 Å². The lowest BCUT2D eigenvalue weighted by Crippen LogP contribution is -2.66. The number of benzene rings is 1. The van der Waals surface area contributed by atoms with E-state index < -0.39 is 5.60 Å². The van der Waals surface area contributed by atoms with E-state index in [1.54, 1.807) is 6.07 Å². The predicted molar refractivity (Wildman–Crippen MR) is 64.9 cm³/mol. The highest BCUT2D eigenvalue weighted by Gasteiger charge is 2.68. The first kappa shape index (κ1) is 10.6. The summed E-state index contributed by atoms with van der Waals surface area (Å²) in [4.78, 5) is 12.1. The quantitative estimate of drug-likeness (QED) is 0.562. The molecule has 3 aliphatic rings. The van der Waals surface area contributed by atoms with Crippen molar-refractivity contribution in [1.82, 2.24) is 0 Å². The molecule has 3 nitrogen and oxygen atoms in total. The van der Waals surface area contributed by atoms with Crippen LogP contribution < -0.4 is 4.74 Å². The van der Waals surface area contributed by atoms with Gasteiger partial charge in [0, 0.05) is 5.56 Å². The van der Waals surface area contributed by atoms with Crippen molar-refractivity contribution in [2.24, 2.45) is 17.8 Å². The number of aliphatic hydroxyl groups is 1. The Morgan fingerprint density at radius 1 is 1.22 bits per heavy atom. The molecule has 94 valence electrons. The summed E-state index contributed by atoms with van der Waals surface area (Å²) in [5.41, 5.74) is -0.144. The summed E-state index contributed by atoms with van der Waals surface area (Å²) in [5, 5.41) is 11.0. The smallest absolute Gasteiger partial charge is 0.317 e. The third-order valence-electron chi connectivity index (χ3n) is 5.07. The van der Waals surface area contributed by atoms with Crippen LogP contribution in [-0.2, 0) is 10.4 Å². The first-order valence-electron chi connectivity index (χ1n) is 6.76. The minimum Gasteiger partial charge on any atom is -0.426 e. The topological polar surface area (TPSA) is 46.5 Å². The third kappa shape index (κ3) is 1.06. The van der Waals surface area contributed by atoms with Crippen molar-refractivity contribution >= 4 is 5.97 Å². The van der Waals surface area contributed by atoms with Gasteiger partial charge < -0.3 is 9.84 Å². The molecule has 0 spiro atoms. The molecule has 0 radical (unpaired) electrons. The third-order valence-corrected chi connectivity index (χ3v) is 5.07. The second kappa shape index (κ2) is 3.35. The van der Waals surface area contributed by atoms with Gasteiger partial charge in [-0.05, 0) is 30.7 Å². The van der Waals surface area contributed by atoms with Gasteiger partial charge in [-0.25, -0.2) is 0 Å².